The van der Waals surface area contributed by atoms with Crippen LogP contribution in [0.25, 0.3) is 11.1 Å². The summed E-state index contributed by atoms with van der Waals surface area (Å²) in [5, 5.41) is 8.64. The lowest BCUT2D eigenvalue weighted by Gasteiger charge is -2.17. The number of carbonyl (C=O) groups is 1. The lowest BCUT2D eigenvalue weighted by atomic mass is 10.00. The Hall–Kier alpha value is -2.89. The molecule has 1 aromatic carbocycles. The Morgan fingerprint density at radius 1 is 1.15 bits per heavy atom. The molecule has 1 fully saturated rings. The van der Waals surface area contributed by atoms with Gasteiger partial charge in [0.25, 0.3) is 5.91 Å². The average Bonchev–Trinajstić information content (AvgIpc) is 3.35. The molecule has 1 atom stereocenters. The number of aryl methyl sites for hydroxylation is 3. The van der Waals surface area contributed by atoms with E-state index in [1.807, 2.05) is 66.5 Å². The van der Waals surface area contributed by atoms with E-state index in [0.717, 1.165) is 40.8 Å². The van der Waals surface area contributed by atoms with Crippen molar-refractivity contribution in [3.8, 4) is 11.1 Å². The lowest BCUT2D eigenvalue weighted by molar-refractivity contribution is 0.0787. The second-order valence-corrected chi connectivity index (χ2v) is 7.12. The third-order valence-corrected chi connectivity index (χ3v) is 5.06. The minimum Gasteiger partial charge on any atom is -0.336 e. The van der Waals surface area contributed by atoms with Crippen molar-refractivity contribution >= 4 is 5.91 Å². The molecule has 4 rings (SSSR count). The summed E-state index contributed by atoms with van der Waals surface area (Å²) >= 11 is 0. The number of rotatable bonds is 3. The third-order valence-electron chi connectivity index (χ3n) is 5.06. The zero-order valence-electron chi connectivity index (χ0n) is 15.4. The Bertz CT molecular complexity index is 955. The van der Waals surface area contributed by atoms with Crippen LogP contribution < -0.4 is 0 Å². The van der Waals surface area contributed by atoms with Crippen LogP contribution in [0.2, 0.25) is 0 Å². The molecule has 1 aliphatic rings. The Labute approximate surface area is 153 Å². The quantitative estimate of drug-likeness (QED) is 0.730. The normalized spacial score (nSPS) is 17.0. The first-order chi connectivity index (χ1) is 12.5. The molecule has 0 spiro atoms. The maximum absolute atomic E-state index is 13.0. The van der Waals surface area contributed by atoms with E-state index in [2.05, 4.69) is 17.1 Å². The number of likely N-dealkylation sites (tertiary alicyclic amines) is 1. The van der Waals surface area contributed by atoms with Crippen LogP contribution in [0.4, 0.5) is 0 Å². The lowest BCUT2D eigenvalue weighted by Crippen LogP contribution is -2.29. The van der Waals surface area contributed by atoms with Crippen molar-refractivity contribution in [3.63, 3.8) is 0 Å². The van der Waals surface area contributed by atoms with Gasteiger partial charge in [-0.15, -0.1) is 0 Å². The number of carbonyl (C=O) groups excluding carboxylic acids is 1. The van der Waals surface area contributed by atoms with E-state index in [0.29, 0.717) is 6.54 Å². The van der Waals surface area contributed by atoms with E-state index in [-0.39, 0.29) is 11.9 Å². The number of benzene rings is 1. The first-order valence-electron chi connectivity index (χ1n) is 8.91. The highest BCUT2D eigenvalue weighted by Crippen LogP contribution is 2.27. The molecular formula is C20H23N5O. The molecular weight excluding hydrogens is 326 g/mol. The van der Waals surface area contributed by atoms with Gasteiger partial charge in [0.15, 0.2) is 0 Å². The van der Waals surface area contributed by atoms with Crippen LogP contribution in [0.15, 0.2) is 43.0 Å². The van der Waals surface area contributed by atoms with Gasteiger partial charge in [0.05, 0.1) is 18.4 Å². The van der Waals surface area contributed by atoms with Crippen molar-refractivity contribution in [2.45, 2.75) is 26.3 Å². The third kappa shape index (κ3) is 3.03. The highest BCUT2D eigenvalue weighted by Gasteiger charge is 2.28. The molecule has 0 N–H and O–H groups in total. The maximum Gasteiger partial charge on any atom is 0.253 e. The molecule has 2 aromatic heterocycles. The Kier molecular flexibility index (Phi) is 4.11. The molecule has 0 saturated carbocycles. The summed E-state index contributed by atoms with van der Waals surface area (Å²) < 4.78 is 3.76. The van der Waals surface area contributed by atoms with Gasteiger partial charge in [-0.3, -0.25) is 14.2 Å². The molecule has 0 radical (unpaired) electrons. The first kappa shape index (κ1) is 16.6. The van der Waals surface area contributed by atoms with Gasteiger partial charge >= 0.3 is 0 Å². The van der Waals surface area contributed by atoms with Gasteiger partial charge in [-0.05, 0) is 49.1 Å². The standard InChI is InChI=1S/C20H23N5O/c1-14-9-22-25(11-14)18-6-7-24(13-18)20(26)16-5-4-15(2)19(8-16)17-10-21-23(3)12-17/h4-5,8-12,18H,6-7,13H2,1-3H3. The van der Waals surface area contributed by atoms with Crippen molar-refractivity contribution in [3.05, 3.63) is 59.7 Å². The second kappa shape index (κ2) is 6.44. The summed E-state index contributed by atoms with van der Waals surface area (Å²) in [4.78, 5) is 14.9. The van der Waals surface area contributed by atoms with Gasteiger partial charge in [0.2, 0.25) is 0 Å². The highest BCUT2D eigenvalue weighted by molar-refractivity contribution is 5.96. The molecule has 6 heteroatoms. The van der Waals surface area contributed by atoms with Crippen LogP contribution in [0.3, 0.4) is 0 Å². The number of hydrogen-bond donors (Lipinski definition) is 0. The summed E-state index contributed by atoms with van der Waals surface area (Å²) in [6.07, 6.45) is 8.66. The SMILES string of the molecule is Cc1cnn(C2CCN(C(=O)c3ccc(C)c(-c4cnn(C)c4)c3)C2)c1. The predicted octanol–water partition coefficient (Wildman–Crippen LogP) is 2.99. The minimum atomic E-state index is 0.0847. The highest BCUT2D eigenvalue weighted by atomic mass is 16.2. The van der Waals surface area contributed by atoms with Crippen molar-refractivity contribution in [1.82, 2.24) is 24.5 Å². The number of hydrogen-bond acceptors (Lipinski definition) is 3. The molecule has 26 heavy (non-hydrogen) atoms. The molecule has 6 nitrogen and oxygen atoms in total. The van der Waals surface area contributed by atoms with E-state index in [1.54, 1.807) is 4.68 Å². The Balaban J connectivity index is 1.55. The molecule has 1 unspecified atom stereocenters. The van der Waals surface area contributed by atoms with E-state index in [1.165, 1.54) is 0 Å². The molecule has 134 valence electrons. The van der Waals surface area contributed by atoms with Gasteiger partial charge in [-0.2, -0.15) is 10.2 Å². The number of aromatic nitrogens is 4. The summed E-state index contributed by atoms with van der Waals surface area (Å²) in [5.41, 5.74) is 5.11. The molecule has 0 bridgehead atoms. The van der Waals surface area contributed by atoms with Crippen molar-refractivity contribution < 1.29 is 4.79 Å². The van der Waals surface area contributed by atoms with Crippen molar-refractivity contribution in [2.75, 3.05) is 13.1 Å². The van der Waals surface area contributed by atoms with Crippen LogP contribution in [0.1, 0.15) is 33.9 Å². The first-order valence-corrected chi connectivity index (χ1v) is 8.91. The summed E-state index contributed by atoms with van der Waals surface area (Å²) in [6.45, 7) is 5.56. The fourth-order valence-corrected chi connectivity index (χ4v) is 3.58. The molecule has 1 saturated heterocycles. The average molecular weight is 349 g/mol. The Morgan fingerprint density at radius 2 is 2.00 bits per heavy atom. The summed E-state index contributed by atoms with van der Waals surface area (Å²) in [7, 11) is 1.90. The zero-order valence-corrected chi connectivity index (χ0v) is 15.4. The number of nitrogens with zero attached hydrogens (tertiary/aromatic N) is 5. The Morgan fingerprint density at radius 3 is 2.69 bits per heavy atom. The van der Waals surface area contributed by atoms with Crippen molar-refractivity contribution in [2.24, 2.45) is 7.05 Å². The van der Waals surface area contributed by atoms with Crippen LogP contribution in [0, 0.1) is 13.8 Å². The summed E-state index contributed by atoms with van der Waals surface area (Å²) in [6, 6.07) is 6.18. The van der Waals surface area contributed by atoms with E-state index >= 15 is 0 Å². The fourth-order valence-electron chi connectivity index (χ4n) is 3.58. The largest absolute Gasteiger partial charge is 0.336 e. The van der Waals surface area contributed by atoms with Gasteiger partial charge in [0.1, 0.15) is 0 Å². The van der Waals surface area contributed by atoms with Gasteiger partial charge in [-0.25, -0.2) is 0 Å². The van der Waals surface area contributed by atoms with Crippen LogP contribution in [-0.4, -0.2) is 43.5 Å². The van der Waals surface area contributed by atoms with E-state index in [9.17, 15) is 4.79 Å². The molecule has 1 amide bonds. The van der Waals surface area contributed by atoms with Crippen LogP contribution >= 0.6 is 0 Å². The monoisotopic (exact) mass is 349 g/mol. The maximum atomic E-state index is 13.0. The van der Waals surface area contributed by atoms with Gasteiger partial charge < -0.3 is 4.90 Å². The summed E-state index contributed by atoms with van der Waals surface area (Å²) in [5.74, 6) is 0.0847. The zero-order chi connectivity index (χ0) is 18.3. The van der Waals surface area contributed by atoms with Crippen molar-refractivity contribution in [1.29, 1.82) is 0 Å². The predicted molar refractivity (Wildman–Crippen MR) is 99.9 cm³/mol. The van der Waals surface area contributed by atoms with E-state index < -0.39 is 0 Å². The smallest absolute Gasteiger partial charge is 0.253 e. The topological polar surface area (TPSA) is 56.0 Å². The van der Waals surface area contributed by atoms with Gasteiger partial charge in [-0.1, -0.05) is 6.07 Å². The molecule has 1 aliphatic heterocycles. The number of amides is 1. The van der Waals surface area contributed by atoms with Gasteiger partial charge in [0, 0.05) is 43.7 Å². The van der Waals surface area contributed by atoms with E-state index in [4.69, 9.17) is 0 Å². The molecule has 0 aliphatic carbocycles. The minimum absolute atomic E-state index is 0.0847. The van der Waals surface area contributed by atoms with Crippen LogP contribution in [-0.2, 0) is 7.05 Å². The molecule has 3 aromatic rings. The molecule has 3 heterocycles. The van der Waals surface area contributed by atoms with Crippen LogP contribution in [0.5, 0.6) is 0 Å². The second-order valence-electron chi connectivity index (χ2n) is 7.12. The fraction of sp³-hybridized carbons (Fsp3) is 0.350.